The molecule has 0 aromatic carbocycles. The van der Waals surface area contributed by atoms with Gasteiger partial charge in [0.1, 0.15) is 6.04 Å². The van der Waals surface area contributed by atoms with Crippen molar-refractivity contribution in [3.63, 3.8) is 0 Å². The lowest BCUT2D eigenvalue weighted by molar-refractivity contribution is -0.142. The molecule has 1 atom stereocenters. The summed E-state index contributed by atoms with van der Waals surface area (Å²) in [5, 5.41) is 11.4. The number of carbonyl (C=O) groups excluding carboxylic acids is 2. The van der Waals surface area contributed by atoms with Crippen LogP contribution >= 0.6 is 0 Å². The van der Waals surface area contributed by atoms with E-state index in [1.807, 2.05) is 0 Å². The van der Waals surface area contributed by atoms with E-state index >= 15 is 0 Å². The third-order valence-electron chi connectivity index (χ3n) is 3.06. The molecular weight excluding hydrogens is 266 g/mol. The van der Waals surface area contributed by atoms with E-state index < -0.39 is 30.2 Å². The lowest BCUT2D eigenvalue weighted by Crippen LogP contribution is -2.57. The van der Waals surface area contributed by atoms with Gasteiger partial charge in [-0.05, 0) is 6.92 Å². The van der Waals surface area contributed by atoms with Crippen molar-refractivity contribution in [1.82, 2.24) is 15.2 Å². The molecule has 0 bridgehead atoms. The highest BCUT2D eigenvalue weighted by Gasteiger charge is 2.37. The van der Waals surface area contributed by atoms with Gasteiger partial charge in [0.15, 0.2) is 5.89 Å². The van der Waals surface area contributed by atoms with Crippen LogP contribution in [0.2, 0.25) is 0 Å². The first-order valence-electron chi connectivity index (χ1n) is 6.14. The van der Waals surface area contributed by atoms with E-state index in [1.54, 1.807) is 13.8 Å². The molecule has 1 fully saturated rings. The molecule has 2 rings (SSSR count). The fourth-order valence-electron chi connectivity index (χ4n) is 2.19. The number of hydrogen-bond donors (Lipinski definition) is 2. The molecule has 1 saturated heterocycles. The molecule has 1 aliphatic heterocycles. The van der Waals surface area contributed by atoms with Gasteiger partial charge in [0.05, 0.1) is 12.1 Å². The zero-order valence-electron chi connectivity index (χ0n) is 11.2. The maximum absolute atomic E-state index is 12.4. The summed E-state index contributed by atoms with van der Waals surface area (Å²) in [5.74, 6) is -1.73. The predicted molar refractivity (Wildman–Crippen MR) is 66.1 cm³/mol. The lowest BCUT2D eigenvalue weighted by Gasteiger charge is -2.33. The molecule has 0 spiro atoms. The molecule has 2 N–H and O–H groups in total. The highest BCUT2D eigenvalue weighted by Crippen LogP contribution is 2.17. The number of aryl methyl sites for hydroxylation is 2. The van der Waals surface area contributed by atoms with Gasteiger partial charge >= 0.3 is 5.97 Å². The Bertz CT molecular complexity index is 565. The number of aliphatic carboxylic acids is 1. The van der Waals surface area contributed by atoms with Gasteiger partial charge in [-0.2, -0.15) is 0 Å². The van der Waals surface area contributed by atoms with Crippen LogP contribution in [0, 0.1) is 13.8 Å². The van der Waals surface area contributed by atoms with Crippen molar-refractivity contribution in [2.24, 2.45) is 0 Å². The second-order valence-corrected chi connectivity index (χ2v) is 4.55. The van der Waals surface area contributed by atoms with Crippen molar-refractivity contribution in [1.29, 1.82) is 0 Å². The Morgan fingerprint density at radius 3 is 2.75 bits per heavy atom. The fourth-order valence-corrected chi connectivity index (χ4v) is 2.19. The zero-order chi connectivity index (χ0) is 14.9. The monoisotopic (exact) mass is 281 g/mol. The van der Waals surface area contributed by atoms with Crippen LogP contribution in [0.1, 0.15) is 28.6 Å². The second kappa shape index (κ2) is 5.32. The van der Waals surface area contributed by atoms with Crippen LogP contribution < -0.4 is 5.32 Å². The highest BCUT2D eigenvalue weighted by molar-refractivity contribution is 5.98. The molecule has 1 aliphatic rings. The minimum atomic E-state index is -1.14. The Morgan fingerprint density at radius 2 is 2.20 bits per heavy atom. The first-order valence-corrected chi connectivity index (χ1v) is 6.14. The normalized spacial score (nSPS) is 18.8. The van der Waals surface area contributed by atoms with Gasteiger partial charge in [-0.25, -0.2) is 4.98 Å². The van der Waals surface area contributed by atoms with Crippen molar-refractivity contribution < 1.29 is 23.9 Å². The van der Waals surface area contributed by atoms with Crippen molar-refractivity contribution in [3.05, 3.63) is 17.3 Å². The summed E-state index contributed by atoms with van der Waals surface area (Å²) in [5.41, 5.74) is 0.424. The van der Waals surface area contributed by atoms with Gasteiger partial charge in [0.2, 0.25) is 11.7 Å². The molecule has 2 amide bonds. The molecule has 1 aromatic heterocycles. The van der Waals surface area contributed by atoms with E-state index in [0.29, 0.717) is 11.6 Å². The van der Waals surface area contributed by atoms with E-state index in [1.165, 1.54) is 4.90 Å². The number of carboxylic acids is 1. The predicted octanol–water partition coefficient (Wildman–Crippen LogP) is -0.293. The van der Waals surface area contributed by atoms with E-state index in [4.69, 9.17) is 9.52 Å². The first-order chi connectivity index (χ1) is 9.40. The van der Waals surface area contributed by atoms with Gasteiger partial charge in [0, 0.05) is 20.0 Å². The number of rotatable bonds is 3. The van der Waals surface area contributed by atoms with Gasteiger partial charge < -0.3 is 19.7 Å². The van der Waals surface area contributed by atoms with Crippen molar-refractivity contribution in [3.8, 4) is 0 Å². The SMILES string of the molecule is Cc1nc(C)c(C(=O)N2CCNC(=O)C2CC(=O)O)o1. The van der Waals surface area contributed by atoms with E-state index in [0.717, 1.165) is 0 Å². The molecule has 1 unspecified atom stereocenters. The highest BCUT2D eigenvalue weighted by atomic mass is 16.4. The summed E-state index contributed by atoms with van der Waals surface area (Å²) in [4.78, 5) is 40.2. The summed E-state index contributed by atoms with van der Waals surface area (Å²) in [7, 11) is 0. The molecule has 20 heavy (non-hydrogen) atoms. The van der Waals surface area contributed by atoms with E-state index in [9.17, 15) is 14.4 Å². The molecule has 8 heteroatoms. The third kappa shape index (κ3) is 2.63. The standard InChI is InChI=1S/C12H15N3O5/c1-6-10(20-7(2)14-6)12(19)15-4-3-13-11(18)8(15)5-9(16)17/h8H,3-5H2,1-2H3,(H,13,18)(H,16,17). The Kier molecular flexibility index (Phi) is 3.73. The molecule has 0 saturated carbocycles. The van der Waals surface area contributed by atoms with E-state index in [2.05, 4.69) is 10.3 Å². The fraction of sp³-hybridized carbons (Fsp3) is 0.500. The number of nitrogens with one attached hydrogen (secondary N) is 1. The molecule has 0 aliphatic carbocycles. The summed E-state index contributed by atoms with van der Waals surface area (Å²) in [6, 6.07) is -1.03. The van der Waals surface area contributed by atoms with Crippen molar-refractivity contribution in [2.45, 2.75) is 26.3 Å². The minimum absolute atomic E-state index is 0.0487. The van der Waals surface area contributed by atoms with Gasteiger partial charge in [-0.3, -0.25) is 14.4 Å². The third-order valence-corrected chi connectivity index (χ3v) is 3.06. The van der Waals surface area contributed by atoms with Gasteiger partial charge in [-0.15, -0.1) is 0 Å². The number of aromatic nitrogens is 1. The topological polar surface area (TPSA) is 113 Å². The Hall–Kier alpha value is -2.38. The second-order valence-electron chi connectivity index (χ2n) is 4.55. The van der Waals surface area contributed by atoms with Gasteiger partial charge in [-0.1, -0.05) is 0 Å². The van der Waals surface area contributed by atoms with Crippen LogP contribution in [-0.4, -0.2) is 51.9 Å². The first kappa shape index (κ1) is 14.0. The smallest absolute Gasteiger partial charge is 0.305 e. The van der Waals surface area contributed by atoms with Crippen LogP contribution in [0.15, 0.2) is 4.42 Å². The number of carbonyl (C=O) groups is 3. The molecular formula is C12H15N3O5. The van der Waals surface area contributed by atoms with Crippen molar-refractivity contribution >= 4 is 17.8 Å². The molecule has 0 radical (unpaired) electrons. The minimum Gasteiger partial charge on any atom is -0.481 e. The number of amides is 2. The van der Waals surface area contributed by atoms with Crippen LogP contribution in [-0.2, 0) is 9.59 Å². The van der Waals surface area contributed by atoms with Crippen molar-refractivity contribution in [2.75, 3.05) is 13.1 Å². The number of nitrogens with zero attached hydrogens (tertiary/aromatic N) is 2. The number of oxazole rings is 1. The van der Waals surface area contributed by atoms with Crippen LogP contribution in [0.25, 0.3) is 0 Å². The van der Waals surface area contributed by atoms with Crippen LogP contribution in [0.5, 0.6) is 0 Å². The Balaban J connectivity index is 2.28. The molecule has 8 nitrogen and oxygen atoms in total. The summed E-state index contributed by atoms with van der Waals surface area (Å²) >= 11 is 0. The average molecular weight is 281 g/mol. The maximum atomic E-state index is 12.4. The quantitative estimate of drug-likeness (QED) is 0.787. The lowest BCUT2D eigenvalue weighted by atomic mass is 10.1. The van der Waals surface area contributed by atoms with Crippen LogP contribution in [0.4, 0.5) is 0 Å². The number of hydrogen-bond acceptors (Lipinski definition) is 5. The Morgan fingerprint density at radius 1 is 1.50 bits per heavy atom. The molecule has 108 valence electrons. The zero-order valence-corrected chi connectivity index (χ0v) is 11.2. The van der Waals surface area contributed by atoms with Crippen LogP contribution in [0.3, 0.4) is 0 Å². The molecule has 1 aromatic rings. The largest absolute Gasteiger partial charge is 0.481 e. The van der Waals surface area contributed by atoms with Gasteiger partial charge in [0.25, 0.3) is 5.91 Å². The van der Waals surface area contributed by atoms with E-state index in [-0.39, 0.29) is 18.8 Å². The number of piperazine rings is 1. The Labute approximate surface area is 114 Å². The number of carboxylic acid groups (broad SMARTS) is 1. The maximum Gasteiger partial charge on any atom is 0.305 e. The average Bonchev–Trinajstić information content (AvgIpc) is 2.70. The summed E-state index contributed by atoms with van der Waals surface area (Å²) < 4.78 is 5.24. The molecule has 2 heterocycles. The summed E-state index contributed by atoms with van der Waals surface area (Å²) in [6.45, 7) is 3.76. The summed E-state index contributed by atoms with van der Waals surface area (Å²) in [6.07, 6.45) is -0.441.